The molecule has 0 aromatic heterocycles. The van der Waals surface area contributed by atoms with Gasteiger partial charge in [0.05, 0.1) is 13.7 Å². The van der Waals surface area contributed by atoms with Gasteiger partial charge in [0.1, 0.15) is 5.54 Å². The molecule has 0 aromatic carbocycles. The van der Waals surface area contributed by atoms with E-state index in [1.165, 1.54) is 7.11 Å². The molecule has 0 rings (SSSR count). The van der Waals surface area contributed by atoms with Gasteiger partial charge in [0.2, 0.25) is 0 Å². The number of methoxy groups -OCH3 is 2. The molecule has 5 heteroatoms. The van der Waals surface area contributed by atoms with E-state index in [1.54, 1.807) is 7.11 Å². The Morgan fingerprint density at radius 2 is 1.95 bits per heavy atom. The van der Waals surface area contributed by atoms with Crippen LogP contribution in [0.1, 0.15) is 47.0 Å². The van der Waals surface area contributed by atoms with Gasteiger partial charge < -0.3 is 14.8 Å². The van der Waals surface area contributed by atoms with Crippen LogP contribution >= 0.6 is 0 Å². The third-order valence-corrected chi connectivity index (χ3v) is 3.84. The number of hydrogen-bond acceptors (Lipinski definition) is 5. The molecule has 1 N–H and O–H groups in total. The summed E-state index contributed by atoms with van der Waals surface area (Å²) in [5.41, 5.74) is -0.589. The molecule has 1 atom stereocenters. The molecule has 0 amide bonds. The summed E-state index contributed by atoms with van der Waals surface area (Å²) in [7, 11) is 3.18. The molecule has 0 saturated heterocycles. The molecule has 0 aliphatic carbocycles. The van der Waals surface area contributed by atoms with E-state index in [-0.39, 0.29) is 5.97 Å². The van der Waals surface area contributed by atoms with Crippen LogP contribution in [0.15, 0.2) is 0 Å². The van der Waals surface area contributed by atoms with Crippen LogP contribution in [0, 0.1) is 0 Å². The van der Waals surface area contributed by atoms with Gasteiger partial charge in [0, 0.05) is 19.7 Å². The summed E-state index contributed by atoms with van der Waals surface area (Å²) in [6.45, 7) is 11.8. The Labute approximate surface area is 130 Å². The summed E-state index contributed by atoms with van der Waals surface area (Å²) in [5, 5.41) is 3.32. The maximum absolute atomic E-state index is 12.0. The predicted octanol–water partition coefficient (Wildman–Crippen LogP) is 2.05. The molecule has 126 valence electrons. The van der Waals surface area contributed by atoms with Crippen molar-refractivity contribution in [2.75, 3.05) is 40.5 Å². The van der Waals surface area contributed by atoms with Crippen LogP contribution in [-0.2, 0) is 14.3 Å². The van der Waals surface area contributed by atoms with Crippen LogP contribution in [0.2, 0.25) is 0 Å². The highest BCUT2D eigenvalue weighted by molar-refractivity contribution is 5.80. The van der Waals surface area contributed by atoms with Crippen molar-refractivity contribution in [3.05, 3.63) is 0 Å². The highest BCUT2D eigenvalue weighted by Gasteiger charge is 2.33. The van der Waals surface area contributed by atoms with Crippen LogP contribution < -0.4 is 5.32 Å². The number of nitrogens with one attached hydrogen (secondary N) is 1. The Morgan fingerprint density at radius 1 is 1.29 bits per heavy atom. The van der Waals surface area contributed by atoms with Gasteiger partial charge in [-0.3, -0.25) is 9.69 Å². The Kier molecular flexibility index (Phi) is 10.6. The second kappa shape index (κ2) is 11.0. The molecule has 0 bridgehead atoms. The molecule has 5 nitrogen and oxygen atoms in total. The fourth-order valence-electron chi connectivity index (χ4n) is 2.36. The third kappa shape index (κ3) is 7.79. The van der Waals surface area contributed by atoms with Crippen LogP contribution in [0.3, 0.4) is 0 Å². The van der Waals surface area contributed by atoms with Crippen molar-refractivity contribution in [2.45, 2.75) is 58.5 Å². The Balaban J connectivity index is 4.42. The van der Waals surface area contributed by atoms with Crippen molar-refractivity contribution in [1.82, 2.24) is 10.2 Å². The van der Waals surface area contributed by atoms with E-state index in [9.17, 15) is 4.79 Å². The minimum absolute atomic E-state index is 0.177. The smallest absolute Gasteiger partial charge is 0.325 e. The van der Waals surface area contributed by atoms with Crippen molar-refractivity contribution in [1.29, 1.82) is 0 Å². The average Bonchev–Trinajstić information content (AvgIpc) is 2.47. The molecule has 1 unspecified atom stereocenters. The fourth-order valence-corrected chi connectivity index (χ4v) is 2.36. The highest BCUT2D eigenvalue weighted by atomic mass is 16.5. The maximum atomic E-state index is 12.0. The Bertz CT molecular complexity index is 285. The Morgan fingerprint density at radius 3 is 2.43 bits per heavy atom. The highest BCUT2D eigenvalue weighted by Crippen LogP contribution is 2.16. The average molecular weight is 302 g/mol. The summed E-state index contributed by atoms with van der Waals surface area (Å²) < 4.78 is 10.1. The summed E-state index contributed by atoms with van der Waals surface area (Å²) in [6, 6.07) is 0.480. The lowest BCUT2D eigenvalue weighted by Crippen LogP contribution is -2.51. The van der Waals surface area contributed by atoms with Gasteiger partial charge in [-0.25, -0.2) is 0 Å². The number of hydrogen-bond donors (Lipinski definition) is 1. The summed E-state index contributed by atoms with van der Waals surface area (Å²) in [4.78, 5) is 14.4. The third-order valence-electron chi connectivity index (χ3n) is 3.84. The van der Waals surface area contributed by atoms with Crippen molar-refractivity contribution in [3.8, 4) is 0 Å². The molecule has 0 fully saturated rings. The zero-order valence-electron chi connectivity index (χ0n) is 14.7. The first-order valence-electron chi connectivity index (χ1n) is 7.97. The number of esters is 1. The lowest BCUT2D eigenvalue weighted by Gasteiger charge is -2.31. The largest absolute Gasteiger partial charge is 0.468 e. The molecule has 21 heavy (non-hydrogen) atoms. The number of ether oxygens (including phenoxy) is 2. The van der Waals surface area contributed by atoms with E-state index in [4.69, 9.17) is 9.47 Å². The minimum Gasteiger partial charge on any atom is -0.468 e. The molecule has 0 radical (unpaired) electrons. The quantitative estimate of drug-likeness (QED) is 0.559. The molecule has 0 aliphatic heterocycles. The van der Waals surface area contributed by atoms with Gasteiger partial charge in [0.15, 0.2) is 0 Å². The van der Waals surface area contributed by atoms with E-state index in [1.807, 2.05) is 6.92 Å². The molecule has 0 aliphatic rings. The van der Waals surface area contributed by atoms with E-state index >= 15 is 0 Å². The second-order valence-corrected chi connectivity index (χ2v) is 5.98. The lowest BCUT2D eigenvalue weighted by molar-refractivity contribution is -0.148. The molecule has 0 saturated carbocycles. The fraction of sp³-hybridized carbons (Fsp3) is 0.938. The van der Waals surface area contributed by atoms with E-state index in [2.05, 4.69) is 31.0 Å². The maximum Gasteiger partial charge on any atom is 0.325 e. The number of rotatable bonds is 12. The van der Waals surface area contributed by atoms with Gasteiger partial charge in [-0.15, -0.1) is 0 Å². The van der Waals surface area contributed by atoms with E-state index < -0.39 is 5.54 Å². The zero-order valence-corrected chi connectivity index (χ0v) is 14.7. The molecular formula is C16H34N2O3. The van der Waals surface area contributed by atoms with Crippen LogP contribution in [0.5, 0.6) is 0 Å². The number of carbonyl (C=O) groups is 1. The zero-order chi connectivity index (χ0) is 16.3. The molecule has 0 heterocycles. The first kappa shape index (κ1) is 20.3. The summed E-state index contributed by atoms with van der Waals surface area (Å²) >= 11 is 0. The number of nitrogens with zero attached hydrogens (tertiary/aromatic N) is 1. The van der Waals surface area contributed by atoms with Crippen molar-refractivity contribution in [3.63, 3.8) is 0 Å². The van der Waals surface area contributed by atoms with Gasteiger partial charge in [-0.2, -0.15) is 0 Å². The van der Waals surface area contributed by atoms with Crippen LogP contribution in [0.4, 0.5) is 0 Å². The summed E-state index contributed by atoms with van der Waals surface area (Å²) in [6.07, 6.45) is 2.72. The predicted molar refractivity (Wildman–Crippen MR) is 86.5 cm³/mol. The first-order valence-corrected chi connectivity index (χ1v) is 7.97. The van der Waals surface area contributed by atoms with Gasteiger partial charge in [0.25, 0.3) is 0 Å². The minimum atomic E-state index is -0.589. The van der Waals surface area contributed by atoms with Crippen LogP contribution in [0.25, 0.3) is 0 Å². The second-order valence-electron chi connectivity index (χ2n) is 5.98. The van der Waals surface area contributed by atoms with Crippen molar-refractivity contribution >= 4 is 5.97 Å². The topological polar surface area (TPSA) is 50.8 Å². The molecule has 0 aromatic rings. The molecular weight excluding hydrogens is 268 g/mol. The summed E-state index contributed by atoms with van der Waals surface area (Å²) in [5.74, 6) is -0.177. The monoisotopic (exact) mass is 302 g/mol. The van der Waals surface area contributed by atoms with E-state index in [0.29, 0.717) is 6.04 Å². The molecule has 0 spiro atoms. The first-order chi connectivity index (χ1) is 9.91. The van der Waals surface area contributed by atoms with E-state index in [0.717, 1.165) is 45.5 Å². The van der Waals surface area contributed by atoms with Crippen LogP contribution in [-0.4, -0.2) is 62.9 Å². The van der Waals surface area contributed by atoms with Gasteiger partial charge >= 0.3 is 5.97 Å². The van der Waals surface area contributed by atoms with Crippen molar-refractivity contribution in [2.24, 2.45) is 0 Å². The van der Waals surface area contributed by atoms with Crippen molar-refractivity contribution < 1.29 is 14.3 Å². The van der Waals surface area contributed by atoms with Gasteiger partial charge in [-0.05, 0) is 53.1 Å². The standard InChI is InChI=1S/C16H34N2O3/c1-7-10-17-16(4,15(19)21-6)9-8-11-18(14(2)3)12-13-20-5/h14,17H,7-13H2,1-6H3. The number of carbonyl (C=O) groups excluding carboxylic acids is 1. The lowest BCUT2D eigenvalue weighted by atomic mass is 9.95. The normalized spacial score (nSPS) is 14.5. The Hall–Kier alpha value is -0.650. The SMILES string of the molecule is CCCNC(C)(CCCN(CCOC)C(C)C)C(=O)OC. The van der Waals surface area contributed by atoms with Gasteiger partial charge in [-0.1, -0.05) is 6.92 Å².